The largest absolute Gasteiger partial charge is 0.339 e. The summed E-state index contributed by atoms with van der Waals surface area (Å²) in [5.74, 6) is 0.861. The van der Waals surface area contributed by atoms with Crippen LogP contribution in [0.3, 0.4) is 0 Å². The first kappa shape index (κ1) is 11.9. The fraction of sp³-hybridized carbons (Fsp3) is 0.308. The molecule has 1 aromatic heterocycles. The Hall–Kier alpha value is -2.21. The second-order valence-electron chi connectivity index (χ2n) is 4.83. The molecule has 1 aliphatic rings. The molecule has 3 N–H and O–H groups in total. The third-order valence-electron chi connectivity index (χ3n) is 3.15. The highest BCUT2D eigenvalue weighted by atomic mass is 16.5. The Morgan fingerprint density at radius 1 is 1.47 bits per heavy atom. The van der Waals surface area contributed by atoms with Crippen LogP contribution in [0.15, 0.2) is 28.8 Å². The Kier molecular flexibility index (Phi) is 2.60. The number of aromatic nitrogens is 2. The first-order valence-electron chi connectivity index (χ1n) is 6.08. The maximum absolute atomic E-state index is 11.9. The van der Waals surface area contributed by atoms with Gasteiger partial charge in [-0.25, -0.2) is 0 Å². The van der Waals surface area contributed by atoms with E-state index in [4.69, 9.17) is 10.3 Å². The van der Waals surface area contributed by atoms with Crippen molar-refractivity contribution in [3.63, 3.8) is 0 Å². The Balaban J connectivity index is 1.82. The fourth-order valence-corrected chi connectivity index (χ4v) is 1.77. The number of amides is 1. The lowest BCUT2D eigenvalue weighted by Crippen LogP contribution is -2.37. The van der Waals surface area contributed by atoms with Crippen LogP contribution in [0, 0.1) is 6.92 Å². The van der Waals surface area contributed by atoms with Gasteiger partial charge in [-0.1, -0.05) is 17.3 Å². The summed E-state index contributed by atoms with van der Waals surface area (Å²) in [4.78, 5) is 16.0. The van der Waals surface area contributed by atoms with Crippen molar-refractivity contribution in [1.29, 1.82) is 0 Å². The predicted molar refractivity (Wildman–Crippen MR) is 69.3 cm³/mol. The maximum atomic E-state index is 11.9. The van der Waals surface area contributed by atoms with Crippen LogP contribution in [0.1, 0.15) is 18.7 Å². The van der Waals surface area contributed by atoms with Crippen molar-refractivity contribution >= 4 is 11.6 Å². The summed E-state index contributed by atoms with van der Waals surface area (Å²) in [7, 11) is 0. The lowest BCUT2D eigenvalue weighted by atomic mass is 10.2. The van der Waals surface area contributed by atoms with Gasteiger partial charge in [0.05, 0.1) is 5.54 Å². The number of nitrogens with two attached hydrogens (primary N) is 1. The predicted octanol–water partition coefficient (Wildman–Crippen LogP) is 1.47. The normalized spacial score (nSPS) is 16.1. The fourth-order valence-electron chi connectivity index (χ4n) is 1.77. The van der Waals surface area contributed by atoms with E-state index in [1.807, 2.05) is 12.1 Å². The summed E-state index contributed by atoms with van der Waals surface area (Å²) in [6.45, 7) is 1.73. The third kappa shape index (κ3) is 2.34. The highest BCUT2D eigenvalue weighted by Gasteiger charge is 2.45. The molecule has 19 heavy (non-hydrogen) atoms. The molecule has 3 rings (SSSR count). The van der Waals surface area contributed by atoms with Crippen LogP contribution in [0.5, 0.6) is 0 Å². The summed E-state index contributed by atoms with van der Waals surface area (Å²) >= 11 is 0. The molecule has 0 unspecified atom stereocenters. The summed E-state index contributed by atoms with van der Waals surface area (Å²) in [6.07, 6.45) is 1.48. The molecule has 0 spiro atoms. The van der Waals surface area contributed by atoms with Crippen LogP contribution in [0.4, 0.5) is 5.69 Å². The molecule has 0 bridgehead atoms. The van der Waals surface area contributed by atoms with Gasteiger partial charge in [0.2, 0.25) is 17.6 Å². The van der Waals surface area contributed by atoms with E-state index >= 15 is 0 Å². The van der Waals surface area contributed by atoms with Crippen molar-refractivity contribution in [2.45, 2.75) is 25.3 Å². The van der Waals surface area contributed by atoms with E-state index in [9.17, 15) is 4.79 Å². The monoisotopic (exact) mass is 258 g/mol. The molecule has 1 saturated carbocycles. The molecular weight excluding hydrogens is 244 g/mol. The summed E-state index contributed by atoms with van der Waals surface area (Å²) in [5.41, 5.74) is 6.63. The molecular formula is C13H14N4O2. The number of anilines is 1. The Labute approximate surface area is 110 Å². The second kappa shape index (κ2) is 4.17. The van der Waals surface area contributed by atoms with E-state index in [2.05, 4.69) is 15.5 Å². The molecule has 0 saturated heterocycles. The van der Waals surface area contributed by atoms with Crippen molar-refractivity contribution in [3.05, 3.63) is 30.2 Å². The van der Waals surface area contributed by atoms with E-state index < -0.39 is 5.54 Å². The minimum Gasteiger partial charge on any atom is -0.339 e. The molecule has 1 aromatic carbocycles. The number of nitrogens with one attached hydrogen (secondary N) is 1. The number of rotatable bonds is 3. The van der Waals surface area contributed by atoms with E-state index in [-0.39, 0.29) is 5.91 Å². The van der Waals surface area contributed by atoms with Gasteiger partial charge < -0.3 is 15.6 Å². The smallest absolute Gasteiger partial charge is 0.244 e. The molecule has 2 aromatic rings. The number of carbonyl (C=O) groups excluding carboxylic acids is 1. The second-order valence-corrected chi connectivity index (χ2v) is 4.83. The molecule has 1 fully saturated rings. The van der Waals surface area contributed by atoms with Crippen molar-refractivity contribution in [1.82, 2.24) is 10.1 Å². The third-order valence-corrected chi connectivity index (χ3v) is 3.15. The molecule has 0 aliphatic heterocycles. The van der Waals surface area contributed by atoms with Gasteiger partial charge in [0.15, 0.2) is 0 Å². The Morgan fingerprint density at radius 2 is 2.26 bits per heavy atom. The van der Waals surface area contributed by atoms with Crippen LogP contribution in [0.2, 0.25) is 0 Å². The van der Waals surface area contributed by atoms with Gasteiger partial charge in [-0.2, -0.15) is 4.98 Å². The van der Waals surface area contributed by atoms with Gasteiger partial charge in [-0.15, -0.1) is 0 Å². The van der Waals surface area contributed by atoms with Crippen LogP contribution in [-0.2, 0) is 4.79 Å². The number of hydrogen-bond acceptors (Lipinski definition) is 5. The van der Waals surface area contributed by atoms with Crippen molar-refractivity contribution in [2.24, 2.45) is 5.73 Å². The summed E-state index contributed by atoms with van der Waals surface area (Å²) in [6, 6.07) is 7.29. The van der Waals surface area contributed by atoms with Gasteiger partial charge in [-0.3, -0.25) is 4.79 Å². The summed E-state index contributed by atoms with van der Waals surface area (Å²) in [5, 5.41) is 6.66. The standard InChI is InChI=1S/C13H14N4O2/c1-8-15-11(17-19-8)9-3-2-4-10(7-9)16-12(18)13(14)5-6-13/h2-4,7H,5-6,14H2,1H3,(H,16,18). The number of carbonyl (C=O) groups is 1. The van der Waals surface area contributed by atoms with E-state index in [1.165, 1.54) is 0 Å². The van der Waals surface area contributed by atoms with Crippen LogP contribution >= 0.6 is 0 Å². The van der Waals surface area contributed by atoms with Gasteiger partial charge in [-0.05, 0) is 25.0 Å². The highest BCUT2D eigenvalue weighted by molar-refractivity contribution is 6.00. The average molecular weight is 258 g/mol. The topological polar surface area (TPSA) is 94.0 Å². The van der Waals surface area contributed by atoms with Crippen molar-refractivity contribution in [2.75, 3.05) is 5.32 Å². The average Bonchev–Trinajstić information content (AvgIpc) is 2.99. The lowest BCUT2D eigenvalue weighted by molar-refractivity contribution is -0.118. The first-order valence-corrected chi connectivity index (χ1v) is 6.08. The minimum absolute atomic E-state index is 0.144. The Morgan fingerprint density at radius 3 is 2.89 bits per heavy atom. The molecule has 6 nitrogen and oxygen atoms in total. The van der Waals surface area contributed by atoms with Gasteiger partial charge in [0.1, 0.15) is 0 Å². The SMILES string of the molecule is Cc1nc(-c2cccc(NC(=O)C3(N)CC3)c2)no1. The number of hydrogen-bond donors (Lipinski definition) is 2. The number of benzene rings is 1. The number of nitrogens with zero attached hydrogens (tertiary/aromatic N) is 2. The zero-order chi connectivity index (χ0) is 13.5. The number of aryl methyl sites for hydroxylation is 1. The van der Waals surface area contributed by atoms with Gasteiger partial charge >= 0.3 is 0 Å². The molecule has 1 aliphatic carbocycles. The van der Waals surface area contributed by atoms with Crippen molar-refractivity contribution in [3.8, 4) is 11.4 Å². The molecule has 98 valence electrons. The molecule has 6 heteroatoms. The first-order chi connectivity index (χ1) is 9.07. The van der Waals surface area contributed by atoms with Gasteiger partial charge in [0, 0.05) is 18.2 Å². The van der Waals surface area contributed by atoms with E-state index in [0.29, 0.717) is 17.4 Å². The van der Waals surface area contributed by atoms with E-state index in [0.717, 1.165) is 18.4 Å². The molecule has 1 heterocycles. The maximum Gasteiger partial charge on any atom is 0.244 e. The Bertz CT molecular complexity index is 631. The van der Waals surface area contributed by atoms with Crippen LogP contribution in [-0.4, -0.2) is 21.6 Å². The van der Waals surface area contributed by atoms with Crippen molar-refractivity contribution < 1.29 is 9.32 Å². The molecule has 1 amide bonds. The van der Waals surface area contributed by atoms with Gasteiger partial charge in [0.25, 0.3) is 0 Å². The molecule has 0 atom stereocenters. The zero-order valence-corrected chi connectivity index (χ0v) is 10.5. The zero-order valence-electron chi connectivity index (χ0n) is 10.5. The lowest BCUT2D eigenvalue weighted by Gasteiger charge is -2.10. The summed E-state index contributed by atoms with van der Waals surface area (Å²) < 4.78 is 4.94. The highest BCUT2D eigenvalue weighted by Crippen LogP contribution is 2.33. The minimum atomic E-state index is -0.682. The van der Waals surface area contributed by atoms with Crippen LogP contribution < -0.4 is 11.1 Å². The van der Waals surface area contributed by atoms with Crippen LogP contribution in [0.25, 0.3) is 11.4 Å². The molecule has 0 radical (unpaired) electrons. The van der Waals surface area contributed by atoms with E-state index in [1.54, 1.807) is 19.1 Å². The quantitative estimate of drug-likeness (QED) is 0.869.